The van der Waals surface area contributed by atoms with Crippen molar-refractivity contribution in [2.24, 2.45) is 0 Å². The summed E-state index contributed by atoms with van der Waals surface area (Å²) < 4.78 is 5.22. The number of methoxy groups -OCH3 is 1. The molecule has 0 spiro atoms. The van der Waals surface area contributed by atoms with Crippen LogP contribution in [-0.2, 0) is 22.7 Å². The van der Waals surface area contributed by atoms with E-state index in [1.165, 1.54) is 5.01 Å². The number of urea groups is 1. The number of hydrazine groups is 1. The predicted molar refractivity (Wildman–Crippen MR) is 131 cm³/mol. The normalized spacial score (nSPS) is 19.9. The van der Waals surface area contributed by atoms with Gasteiger partial charge in [0, 0.05) is 13.1 Å². The summed E-state index contributed by atoms with van der Waals surface area (Å²) in [5.41, 5.74) is 1.93. The Balaban J connectivity index is 1.51. The lowest BCUT2D eigenvalue weighted by atomic mass is 10.1. The number of carbonyl (C=O) groups is 3. The number of amides is 4. The van der Waals surface area contributed by atoms with Crippen molar-refractivity contribution in [2.45, 2.75) is 32.2 Å². The lowest BCUT2D eigenvalue weighted by Gasteiger charge is -2.45. The third-order valence-electron chi connectivity index (χ3n) is 6.39. The van der Waals surface area contributed by atoms with Crippen LogP contribution in [0, 0.1) is 0 Å². The Morgan fingerprint density at radius 2 is 1.86 bits per heavy atom. The third-order valence-corrected chi connectivity index (χ3v) is 6.39. The van der Waals surface area contributed by atoms with E-state index in [2.05, 4.69) is 11.9 Å². The van der Waals surface area contributed by atoms with Gasteiger partial charge < -0.3 is 19.9 Å². The van der Waals surface area contributed by atoms with Gasteiger partial charge in [0.15, 0.2) is 0 Å². The summed E-state index contributed by atoms with van der Waals surface area (Å²) in [6, 6.07) is 16.2. The van der Waals surface area contributed by atoms with Crippen LogP contribution in [0.1, 0.15) is 18.1 Å². The monoisotopic (exact) mass is 477 g/mol. The van der Waals surface area contributed by atoms with E-state index in [1.54, 1.807) is 34.9 Å². The van der Waals surface area contributed by atoms with Crippen LogP contribution in [0.4, 0.5) is 4.79 Å². The van der Waals surface area contributed by atoms with Gasteiger partial charge in [0.05, 0.1) is 26.7 Å². The van der Waals surface area contributed by atoms with Crippen molar-refractivity contribution in [3.8, 4) is 5.75 Å². The molecule has 9 nitrogen and oxygen atoms in total. The number of carbonyl (C=O) groups excluding carboxylic acids is 3. The lowest BCUT2D eigenvalue weighted by molar-refractivity contribution is -0.156. The van der Waals surface area contributed by atoms with Gasteiger partial charge in [-0.1, -0.05) is 48.5 Å². The zero-order chi connectivity index (χ0) is 24.9. The smallest absolute Gasteiger partial charge is 0.332 e. The molecular weight excluding hydrogens is 446 g/mol. The zero-order valence-electron chi connectivity index (χ0n) is 20.1. The molecule has 2 saturated heterocycles. The maximum atomic E-state index is 13.2. The van der Waals surface area contributed by atoms with E-state index in [0.717, 1.165) is 16.9 Å². The van der Waals surface area contributed by atoms with Crippen LogP contribution < -0.4 is 10.1 Å². The maximum absolute atomic E-state index is 13.2. The van der Waals surface area contributed by atoms with Crippen molar-refractivity contribution in [1.29, 1.82) is 0 Å². The average molecular weight is 478 g/mol. The molecule has 2 aliphatic heterocycles. The topological polar surface area (TPSA) is 85.4 Å². The summed E-state index contributed by atoms with van der Waals surface area (Å²) in [7, 11) is 1.61. The Hall–Kier alpha value is -3.85. The first kappa shape index (κ1) is 24.3. The molecule has 4 rings (SSSR count). The van der Waals surface area contributed by atoms with E-state index in [1.807, 2.05) is 54.6 Å². The molecular formula is C26H31N5O4. The summed E-state index contributed by atoms with van der Waals surface area (Å²) >= 11 is 0. The van der Waals surface area contributed by atoms with E-state index in [9.17, 15) is 14.4 Å². The number of benzene rings is 2. The minimum absolute atomic E-state index is 0.0191. The van der Waals surface area contributed by atoms with Crippen molar-refractivity contribution < 1.29 is 19.1 Å². The molecule has 2 aromatic rings. The van der Waals surface area contributed by atoms with E-state index in [0.29, 0.717) is 19.6 Å². The second-order valence-electron chi connectivity index (χ2n) is 8.64. The molecule has 0 saturated carbocycles. The lowest BCUT2D eigenvalue weighted by Crippen LogP contribution is -2.64. The number of hydrogen-bond donors (Lipinski definition) is 1. The van der Waals surface area contributed by atoms with Gasteiger partial charge >= 0.3 is 6.03 Å². The molecule has 0 aromatic heterocycles. The van der Waals surface area contributed by atoms with Crippen LogP contribution >= 0.6 is 0 Å². The predicted octanol–water partition coefficient (Wildman–Crippen LogP) is 2.21. The number of hydrogen-bond acceptors (Lipinski definition) is 5. The first-order valence-electron chi connectivity index (χ1n) is 11.6. The number of nitrogens with one attached hydrogen (secondary N) is 1. The van der Waals surface area contributed by atoms with Gasteiger partial charge in [-0.3, -0.25) is 14.6 Å². The number of rotatable bonds is 8. The summed E-state index contributed by atoms with van der Waals surface area (Å²) in [5.74, 6) is 0.452. The van der Waals surface area contributed by atoms with Crippen molar-refractivity contribution in [1.82, 2.24) is 25.1 Å². The van der Waals surface area contributed by atoms with Gasteiger partial charge in [-0.2, -0.15) is 5.01 Å². The fourth-order valence-electron chi connectivity index (χ4n) is 4.59. The highest BCUT2D eigenvalue weighted by Gasteiger charge is 2.50. The Bertz CT molecular complexity index is 1070. The first-order chi connectivity index (χ1) is 16.9. The summed E-state index contributed by atoms with van der Waals surface area (Å²) in [6.07, 6.45) is 1.18. The standard InChI is InChI=1S/C26H31N5O4/c1-4-14-29(26(34)27-15-20-8-6-5-7-9-20)30-18-24(32)31-19(2)25(33)28(17-23(30)31)16-21-10-12-22(35-3)13-11-21/h4-13,19,23H,1,14-18H2,2-3H3,(H,27,34)/t19?,23-/m1/s1. The highest BCUT2D eigenvalue weighted by molar-refractivity contribution is 5.91. The molecule has 1 N–H and O–H groups in total. The second-order valence-corrected chi connectivity index (χ2v) is 8.64. The van der Waals surface area contributed by atoms with Gasteiger partial charge in [0.1, 0.15) is 18.0 Å². The van der Waals surface area contributed by atoms with Gasteiger partial charge in [-0.05, 0) is 30.2 Å². The van der Waals surface area contributed by atoms with E-state index >= 15 is 0 Å². The fraction of sp³-hybridized carbons (Fsp3) is 0.346. The fourth-order valence-corrected chi connectivity index (χ4v) is 4.59. The maximum Gasteiger partial charge on any atom is 0.332 e. The molecule has 4 amide bonds. The number of nitrogens with zero attached hydrogens (tertiary/aromatic N) is 4. The minimum atomic E-state index is -0.623. The van der Waals surface area contributed by atoms with E-state index < -0.39 is 12.2 Å². The molecule has 2 fully saturated rings. The zero-order valence-corrected chi connectivity index (χ0v) is 20.1. The van der Waals surface area contributed by atoms with E-state index in [4.69, 9.17) is 4.74 Å². The second kappa shape index (κ2) is 10.6. The number of fused-ring (bicyclic) bond motifs is 1. The SMILES string of the molecule is C=CCN(C(=O)NCc1ccccc1)N1CC(=O)N2C(C)C(=O)N(Cc3ccc(OC)cc3)C[C@@H]21. The Kier molecular flexibility index (Phi) is 7.36. The van der Waals surface area contributed by atoms with Gasteiger partial charge in [0.25, 0.3) is 0 Å². The number of ether oxygens (including phenoxy) is 1. The Morgan fingerprint density at radius 1 is 1.14 bits per heavy atom. The van der Waals surface area contributed by atoms with Crippen LogP contribution in [0.2, 0.25) is 0 Å². The van der Waals surface area contributed by atoms with Crippen LogP contribution in [0.3, 0.4) is 0 Å². The van der Waals surface area contributed by atoms with Crippen molar-refractivity contribution in [2.75, 3.05) is 26.7 Å². The van der Waals surface area contributed by atoms with Gasteiger partial charge in [-0.25, -0.2) is 4.79 Å². The molecule has 2 aliphatic rings. The highest BCUT2D eigenvalue weighted by Crippen LogP contribution is 2.28. The first-order valence-corrected chi connectivity index (χ1v) is 11.6. The van der Waals surface area contributed by atoms with Crippen molar-refractivity contribution in [3.63, 3.8) is 0 Å². The third kappa shape index (κ3) is 5.14. The molecule has 2 heterocycles. The minimum Gasteiger partial charge on any atom is -0.497 e. The van der Waals surface area contributed by atoms with E-state index in [-0.39, 0.29) is 30.9 Å². The van der Waals surface area contributed by atoms with Crippen LogP contribution in [0.15, 0.2) is 67.3 Å². The molecule has 0 aliphatic carbocycles. The molecule has 184 valence electrons. The summed E-state index contributed by atoms with van der Waals surface area (Å²) in [5, 5.41) is 6.18. The molecule has 2 atom stereocenters. The van der Waals surface area contributed by atoms with Gasteiger partial charge in [-0.15, -0.1) is 6.58 Å². The highest BCUT2D eigenvalue weighted by atomic mass is 16.5. The van der Waals surface area contributed by atoms with Crippen LogP contribution in [0.25, 0.3) is 0 Å². The molecule has 0 bridgehead atoms. The average Bonchev–Trinajstić information content (AvgIpc) is 3.20. The summed E-state index contributed by atoms with van der Waals surface area (Å²) in [6.45, 7) is 6.84. The number of piperazine rings is 1. The van der Waals surface area contributed by atoms with Gasteiger partial charge in [0.2, 0.25) is 11.8 Å². The van der Waals surface area contributed by atoms with Crippen molar-refractivity contribution >= 4 is 17.8 Å². The quantitative estimate of drug-likeness (QED) is 0.590. The molecule has 0 radical (unpaired) electrons. The Morgan fingerprint density at radius 3 is 2.51 bits per heavy atom. The molecule has 9 heteroatoms. The molecule has 2 aromatic carbocycles. The molecule has 1 unspecified atom stereocenters. The molecule has 35 heavy (non-hydrogen) atoms. The van der Waals surface area contributed by atoms with Crippen LogP contribution in [0.5, 0.6) is 5.75 Å². The largest absolute Gasteiger partial charge is 0.497 e. The Labute approximate surface area is 205 Å². The summed E-state index contributed by atoms with van der Waals surface area (Å²) in [4.78, 5) is 42.5. The van der Waals surface area contributed by atoms with Crippen molar-refractivity contribution in [3.05, 3.63) is 78.4 Å². The van der Waals surface area contributed by atoms with Crippen LogP contribution in [-0.4, -0.2) is 76.6 Å².